The Labute approximate surface area is 658 Å². The lowest BCUT2D eigenvalue weighted by Gasteiger charge is -2.35. The second-order valence-corrected chi connectivity index (χ2v) is 34.7. The first kappa shape index (κ1) is 80.2. The number of amides is 6. The van der Waals surface area contributed by atoms with Crippen LogP contribution in [0.2, 0.25) is 10.0 Å². The molecule has 112 heavy (non-hydrogen) atoms. The maximum absolute atomic E-state index is 14.7. The van der Waals surface area contributed by atoms with Crippen molar-refractivity contribution in [2.75, 3.05) is 37.9 Å². The zero-order valence-corrected chi connectivity index (χ0v) is 66.7. The number of hydrogen-bond acceptors (Lipinski definition) is 22. The summed E-state index contributed by atoms with van der Waals surface area (Å²) in [6, 6.07) is 9.44. The Balaban J connectivity index is 0.000000196. The number of aromatic nitrogens is 4. The van der Waals surface area contributed by atoms with E-state index in [1.165, 1.54) is 36.5 Å². The molecule has 16 atom stereocenters. The van der Waals surface area contributed by atoms with Gasteiger partial charge >= 0.3 is 24.1 Å². The molecule has 14 rings (SSSR count). The number of nitrogens with zero attached hydrogens (tertiary/aromatic N) is 6. The highest BCUT2D eigenvalue weighted by atomic mass is 35.5. The molecule has 8 fully saturated rings. The van der Waals surface area contributed by atoms with Crippen LogP contribution >= 0.6 is 23.2 Å². The number of likely N-dealkylation sites (tertiary alicyclic amines) is 2. The number of carboxylic acid groups (broad SMARTS) is 2. The zero-order chi connectivity index (χ0) is 80.5. The third-order valence-corrected chi connectivity index (χ3v) is 23.6. The number of aliphatic carboxylic acids is 2. The van der Waals surface area contributed by atoms with Crippen molar-refractivity contribution in [3.05, 3.63) is 71.2 Å². The SMILES string of the molecule is C=C[C@@H]1C[C@]1(NC(=O)C1C[C@@H](Oc2cc(-c3cc(NC(C)C)on3)nc3c(Cl)c(OC)ccc23)CN1C(=O)[C@@H](NC(=O)OC1C[C@@H]2C[C@@H]2C1)C(C)(C)C)C(=O)O.CC[C@@H]1C[C@]1(NC(=O)C1C[C@@H](Oc2cc(-c3cc(NC(C)C)on3)nc3c(Cl)c(OC)ccc23)CN1C(=O)[C@@H](NC(=O)OC1C[C@@H]2C[C@@H]2C1)C(C)(C)C)C(=O)O. The molecule has 6 aliphatic carbocycles. The lowest BCUT2D eigenvalue weighted by atomic mass is 9.85. The summed E-state index contributed by atoms with van der Waals surface area (Å²) in [5.41, 5.74) is -2.21. The smallest absolute Gasteiger partial charge is 0.408 e. The number of alkyl carbamates (subject to hydrolysis) is 2. The van der Waals surface area contributed by atoms with Gasteiger partial charge in [-0.2, -0.15) is 0 Å². The van der Waals surface area contributed by atoms with Crippen molar-refractivity contribution < 1.29 is 86.0 Å². The highest BCUT2D eigenvalue weighted by Crippen LogP contribution is 2.54. The fraction of sp³-hybridized carbons (Fsp3) is 0.575. The van der Waals surface area contributed by atoms with Gasteiger partial charge in [-0.3, -0.25) is 19.2 Å². The first-order valence-corrected chi connectivity index (χ1v) is 39.2. The summed E-state index contributed by atoms with van der Waals surface area (Å²) in [6.07, 6.45) is 4.87. The lowest BCUT2D eigenvalue weighted by Crippen LogP contribution is -2.59. The van der Waals surface area contributed by atoms with Crippen LogP contribution in [-0.4, -0.2) is 187 Å². The van der Waals surface area contributed by atoms with E-state index in [-0.39, 0.29) is 72.6 Å². The zero-order valence-electron chi connectivity index (χ0n) is 65.2. The van der Waals surface area contributed by atoms with Crippen LogP contribution in [0.5, 0.6) is 23.0 Å². The van der Waals surface area contributed by atoms with E-state index in [2.05, 4.69) is 48.8 Å². The van der Waals surface area contributed by atoms with Gasteiger partial charge in [-0.25, -0.2) is 29.1 Å². The molecule has 2 aliphatic heterocycles. The van der Waals surface area contributed by atoms with Crippen molar-refractivity contribution in [2.45, 2.75) is 219 Å². The molecule has 0 bridgehead atoms. The fourth-order valence-corrected chi connectivity index (χ4v) is 17.0. The van der Waals surface area contributed by atoms with Crippen molar-refractivity contribution in [1.29, 1.82) is 0 Å². The second-order valence-electron chi connectivity index (χ2n) is 34.0. The van der Waals surface area contributed by atoms with Crippen LogP contribution in [-0.2, 0) is 38.2 Å². The van der Waals surface area contributed by atoms with Crippen molar-refractivity contribution in [3.8, 4) is 45.8 Å². The minimum Gasteiger partial charge on any atom is -0.495 e. The normalized spacial score (nSPS) is 27.0. The standard InChI is InChI=1S/C40H51ClN6O9.C40H49ClN6O9/c2*1-8-22-17-40(22,37(50)51)45-35(48)28-14-24(18-47(28)36(49)34(39(4,5)6)44-38(52)55-23-12-20-11-21(20)13-23)54-30-15-26(27-16-31(56-46-27)42-19(2)3)43-33-25(30)9-10-29(53-7)32(33)41/h9-10,15-16,19-24,28,34,42H,8,11-14,17-18H2,1-7H3,(H,44,52)(H,45,48)(H,50,51);8-10,15-16,19-24,28,34,42H,1,11-14,17-18H2,2-7H3,(H,44,52)(H,45,48)(H,50,51)/t2*20-,21+,22-,23?,24-,28?,34-,40-/m11/s1. The molecule has 6 heterocycles. The molecule has 32 heteroatoms. The Kier molecular flexibility index (Phi) is 22.4. The van der Waals surface area contributed by atoms with Crippen LogP contribution in [0.3, 0.4) is 0 Å². The van der Waals surface area contributed by atoms with Crippen LogP contribution in [0.1, 0.15) is 147 Å². The summed E-state index contributed by atoms with van der Waals surface area (Å²) < 4.78 is 46.8. The predicted octanol–water partition coefficient (Wildman–Crippen LogP) is 11.8. The molecule has 6 aromatic rings. The van der Waals surface area contributed by atoms with Gasteiger partial charge in [0.1, 0.15) is 104 Å². The average molecular weight is 1590 g/mol. The molecule has 0 spiro atoms. The number of pyridine rings is 2. The summed E-state index contributed by atoms with van der Waals surface area (Å²) in [4.78, 5) is 121. The maximum atomic E-state index is 14.7. The van der Waals surface area contributed by atoms with Gasteiger partial charge in [-0.1, -0.05) is 94.5 Å². The average Bonchev–Trinajstić information content (AvgIpc) is 1.58. The molecule has 4 unspecified atom stereocenters. The summed E-state index contributed by atoms with van der Waals surface area (Å²) in [7, 11) is 3.00. The van der Waals surface area contributed by atoms with Crippen molar-refractivity contribution in [1.82, 2.24) is 51.3 Å². The quantitative estimate of drug-likeness (QED) is 0.0234. The number of carbonyl (C=O) groups excluding carboxylic acids is 6. The molecule has 6 saturated carbocycles. The molecule has 8 N–H and O–H groups in total. The lowest BCUT2D eigenvalue weighted by molar-refractivity contribution is -0.146. The molecule has 6 amide bonds. The summed E-state index contributed by atoms with van der Waals surface area (Å²) in [5.74, 6) is -0.571. The molecular formula is C80H100Cl2N12O18. The molecule has 4 aromatic heterocycles. The number of nitrogens with one attached hydrogen (secondary N) is 6. The third-order valence-electron chi connectivity index (χ3n) is 22.9. The van der Waals surface area contributed by atoms with E-state index in [9.17, 15) is 48.6 Å². The van der Waals surface area contributed by atoms with Gasteiger partial charge < -0.3 is 89.4 Å². The molecule has 30 nitrogen and oxygen atoms in total. The van der Waals surface area contributed by atoms with Gasteiger partial charge in [0.15, 0.2) is 0 Å². The fourth-order valence-electron chi connectivity index (χ4n) is 16.5. The minimum atomic E-state index is -1.53. The van der Waals surface area contributed by atoms with Gasteiger partial charge in [0, 0.05) is 65.9 Å². The number of fused-ring (bicyclic) bond motifs is 4. The van der Waals surface area contributed by atoms with E-state index in [4.69, 9.17) is 70.6 Å². The molecule has 602 valence electrons. The predicted molar refractivity (Wildman–Crippen MR) is 413 cm³/mol. The topological polar surface area (TPSA) is 389 Å². The number of rotatable bonds is 26. The van der Waals surface area contributed by atoms with Crippen LogP contribution in [0.25, 0.3) is 44.6 Å². The first-order valence-electron chi connectivity index (χ1n) is 38.5. The number of hydrogen-bond donors (Lipinski definition) is 8. The number of methoxy groups -OCH3 is 2. The third kappa shape index (κ3) is 16.8. The Morgan fingerprint density at radius 1 is 0.571 bits per heavy atom. The van der Waals surface area contributed by atoms with E-state index in [0.717, 1.165) is 32.1 Å². The van der Waals surface area contributed by atoms with E-state index < -0.39 is 112 Å². The number of carboxylic acids is 2. The van der Waals surface area contributed by atoms with Crippen molar-refractivity contribution >= 4 is 105 Å². The molecule has 2 aromatic carbocycles. The number of anilines is 2. The Hall–Kier alpha value is -9.84. The number of ether oxygens (including phenoxy) is 6. The number of halogens is 2. The van der Waals surface area contributed by atoms with Gasteiger partial charge in [-0.15, -0.1) is 6.58 Å². The van der Waals surface area contributed by atoms with Crippen LogP contribution < -0.4 is 50.8 Å². The summed E-state index contributed by atoms with van der Waals surface area (Å²) >= 11 is 13.6. The monoisotopic (exact) mass is 1590 g/mol. The van der Waals surface area contributed by atoms with Gasteiger partial charge in [0.05, 0.1) is 49.7 Å². The highest BCUT2D eigenvalue weighted by molar-refractivity contribution is 6.37. The largest absolute Gasteiger partial charge is 0.495 e. The maximum Gasteiger partial charge on any atom is 0.408 e. The molecule has 2 saturated heterocycles. The van der Waals surface area contributed by atoms with Crippen LogP contribution in [0.15, 0.2) is 70.2 Å². The van der Waals surface area contributed by atoms with Crippen LogP contribution in [0.4, 0.5) is 21.4 Å². The van der Waals surface area contributed by atoms with Crippen LogP contribution in [0, 0.1) is 46.3 Å². The molecule has 0 radical (unpaired) electrons. The Morgan fingerprint density at radius 3 is 1.31 bits per heavy atom. The Morgan fingerprint density at radius 2 is 0.973 bits per heavy atom. The Bertz CT molecular complexity index is 4650. The van der Waals surface area contributed by atoms with Crippen molar-refractivity contribution in [3.63, 3.8) is 0 Å². The first-order chi connectivity index (χ1) is 53.0. The van der Waals surface area contributed by atoms with Gasteiger partial charge in [0.2, 0.25) is 35.4 Å². The summed E-state index contributed by atoms with van der Waals surface area (Å²) in [5, 5.41) is 47.7. The van der Waals surface area contributed by atoms with E-state index in [0.29, 0.717) is 116 Å². The van der Waals surface area contributed by atoms with Gasteiger partial charge in [-0.05, 0) is 144 Å². The highest BCUT2D eigenvalue weighted by Gasteiger charge is 2.63. The van der Waals surface area contributed by atoms with E-state index in [1.807, 2.05) is 76.2 Å². The summed E-state index contributed by atoms with van der Waals surface area (Å²) in [6.45, 7) is 24.3. The number of benzene rings is 2. The molecule has 8 aliphatic rings. The number of carbonyl (C=O) groups is 8. The van der Waals surface area contributed by atoms with Crippen molar-refractivity contribution in [2.24, 2.45) is 46.3 Å². The van der Waals surface area contributed by atoms with Gasteiger partial charge in [0.25, 0.3) is 0 Å². The molecular weight excluding hydrogens is 1490 g/mol. The van der Waals surface area contributed by atoms with E-state index in [1.54, 1.807) is 48.5 Å². The minimum absolute atomic E-state index is 0.00758. The van der Waals surface area contributed by atoms with E-state index >= 15 is 0 Å². The second kappa shape index (κ2) is 31.3.